The van der Waals surface area contributed by atoms with E-state index >= 15 is 0 Å². The van der Waals surface area contributed by atoms with Gasteiger partial charge in [-0.2, -0.15) is 13.2 Å². The summed E-state index contributed by atoms with van der Waals surface area (Å²) < 4.78 is 68.5. The van der Waals surface area contributed by atoms with Crippen molar-refractivity contribution < 1.29 is 31.5 Å². The second kappa shape index (κ2) is 6.12. The van der Waals surface area contributed by atoms with E-state index in [0.717, 1.165) is 0 Å². The van der Waals surface area contributed by atoms with Crippen molar-refractivity contribution in [1.82, 2.24) is 4.98 Å². The van der Waals surface area contributed by atoms with Crippen molar-refractivity contribution >= 4 is 5.97 Å². The van der Waals surface area contributed by atoms with Gasteiger partial charge in [-0.05, 0) is 13.0 Å². The fourth-order valence-electron chi connectivity index (χ4n) is 1.55. The molecule has 0 atom stereocenters. The van der Waals surface area contributed by atoms with Crippen LogP contribution in [0.15, 0.2) is 6.07 Å². The van der Waals surface area contributed by atoms with Crippen LogP contribution >= 0.6 is 0 Å². The number of carbonyl (C=O) groups is 1. The van der Waals surface area contributed by atoms with E-state index in [1.165, 1.54) is 6.92 Å². The van der Waals surface area contributed by atoms with Crippen LogP contribution in [0.25, 0.3) is 0 Å². The normalized spacial score (nSPS) is 11.8. The van der Waals surface area contributed by atoms with Crippen molar-refractivity contribution in [2.45, 2.75) is 26.1 Å². The predicted octanol–water partition coefficient (Wildman–Crippen LogP) is 2.67. The van der Waals surface area contributed by atoms with Crippen LogP contribution in [-0.4, -0.2) is 17.6 Å². The van der Waals surface area contributed by atoms with E-state index in [1.54, 1.807) is 0 Å². The summed E-state index contributed by atoms with van der Waals surface area (Å²) in [5.74, 6) is -1.21. The summed E-state index contributed by atoms with van der Waals surface area (Å²) in [6.07, 6.45) is -8.22. The Morgan fingerprint density at radius 2 is 2.05 bits per heavy atom. The van der Waals surface area contributed by atoms with Crippen LogP contribution in [0.5, 0.6) is 0 Å². The van der Waals surface area contributed by atoms with Crippen LogP contribution in [0.1, 0.15) is 40.7 Å². The Labute approximate surface area is 110 Å². The number of nitrogens with two attached hydrogens (primary N) is 1. The first kappa shape index (κ1) is 16.3. The van der Waals surface area contributed by atoms with E-state index in [9.17, 15) is 26.7 Å². The van der Waals surface area contributed by atoms with Crippen molar-refractivity contribution in [3.8, 4) is 0 Å². The number of aromatic nitrogens is 1. The van der Waals surface area contributed by atoms with Crippen LogP contribution in [0, 0.1) is 0 Å². The number of rotatable bonds is 4. The maximum absolute atomic E-state index is 12.8. The predicted molar refractivity (Wildman–Crippen MR) is 58.0 cm³/mol. The van der Waals surface area contributed by atoms with Gasteiger partial charge >= 0.3 is 12.1 Å². The minimum Gasteiger partial charge on any atom is -0.461 e. The summed E-state index contributed by atoms with van der Waals surface area (Å²) in [6, 6.07) is 0.367. The molecule has 0 saturated heterocycles. The number of hydrogen-bond donors (Lipinski definition) is 1. The molecule has 0 amide bonds. The molecule has 0 bridgehead atoms. The van der Waals surface area contributed by atoms with Gasteiger partial charge in [0.2, 0.25) is 0 Å². The molecule has 0 radical (unpaired) electrons. The van der Waals surface area contributed by atoms with E-state index in [4.69, 9.17) is 5.73 Å². The average molecular weight is 298 g/mol. The van der Waals surface area contributed by atoms with Crippen LogP contribution in [0.3, 0.4) is 0 Å². The molecule has 0 aliphatic rings. The molecule has 0 spiro atoms. The molecule has 1 aromatic heterocycles. The van der Waals surface area contributed by atoms with E-state index in [1.807, 2.05) is 0 Å². The standard InChI is InChI=1S/C11H11F5N2O2/c1-2-20-10(19)7-3-6(11(14,15)16)5(4-17)8(18-7)9(12)13/h3,9H,2,4,17H2,1H3. The van der Waals surface area contributed by atoms with Crippen molar-refractivity contribution in [2.24, 2.45) is 5.73 Å². The van der Waals surface area contributed by atoms with E-state index in [-0.39, 0.29) is 6.61 Å². The van der Waals surface area contributed by atoms with Gasteiger partial charge in [0, 0.05) is 12.1 Å². The van der Waals surface area contributed by atoms with Crippen LogP contribution in [0.2, 0.25) is 0 Å². The number of esters is 1. The summed E-state index contributed by atoms with van der Waals surface area (Å²) in [4.78, 5) is 14.6. The van der Waals surface area contributed by atoms with Gasteiger partial charge in [0.05, 0.1) is 12.2 Å². The Kier molecular flexibility index (Phi) is 4.98. The second-order valence-electron chi connectivity index (χ2n) is 3.64. The Bertz CT molecular complexity index is 502. The van der Waals surface area contributed by atoms with Gasteiger partial charge in [0.25, 0.3) is 6.43 Å². The van der Waals surface area contributed by atoms with Crippen molar-refractivity contribution in [3.05, 3.63) is 28.6 Å². The molecular weight excluding hydrogens is 287 g/mol. The van der Waals surface area contributed by atoms with Crippen molar-refractivity contribution in [2.75, 3.05) is 6.61 Å². The molecule has 2 N–H and O–H groups in total. The number of pyridine rings is 1. The van der Waals surface area contributed by atoms with Crippen molar-refractivity contribution in [3.63, 3.8) is 0 Å². The molecule has 0 unspecified atom stereocenters. The Hall–Kier alpha value is -1.77. The third kappa shape index (κ3) is 3.41. The lowest BCUT2D eigenvalue weighted by atomic mass is 10.0. The Morgan fingerprint density at radius 3 is 2.45 bits per heavy atom. The Balaban J connectivity index is 3.52. The van der Waals surface area contributed by atoms with Gasteiger partial charge in [-0.1, -0.05) is 0 Å². The molecule has 20 heavy (non-hydrogen) atoms. The molecule has 9 heteroatoms. The fraction of sp³-hybridized carbons (Fsp3) is 0.455. The fourth-order valence-corrected chi connectivity index (χ4v) is 1.55. The van der Waals surface area contributed by atoms with E-state index in [0.29, 0.717) is 6.07 Å². The largest absolute Gasteiger partial charge is 0.461 e. The maximum atomic E-state index is 12.8. The summed E-state index contributed by atoms with van der Waals surface area (Å²) >= 11 is 0. The number of carbonyl (C=O) groups excluding carboxylic acids is 1. The highest BCUT2D eigenvalue weighted by Gasteiger charge is 2.37. The van der Waals surface area contributed by atoms with Gasteiger partial charge < -0.3 is 10.5 Å². The molecule has 0 fully saturated rings. The summed E-state index contributed by atoms with van der Waals surface area (Å²) in [6.45, 7) is 0.528. The van der Waals surface area contributed by atoms with Gasteiger partial charge in [0.1, 0.15) is 11.4 Å². The molecule has 112 valence electrons. The van der Waals surface area contributed by atoms with E-state index < -0.39 is 47.6 Å². The highest BCUT2D eigenvalue weighted by Crippen LogP contribution is 2.36. The third-order valence-electron chi connectivity index (χ3n) is 2.36. The van der Waals surface area contributed by atoms with Crippen LogP contribution in [-0.2, 0) is 17.5 Å². The zero-order chi connectivity index (χ0) is 15.5. The molecule has 1 rings (SSSR count). The minimum absolute atomic E-state index is 0.121. The number of alkyl halides is 5. The number of ether oxygens (including phenoxy) is 1. The average Bonchev–Trinajstić information content (AvgIpc) is 2.36. The lowest BCUT2D eigenvalue weighted by molar-refractivity contribution is -0.138. The highest BCUT2D eigenvalue weighted by atomic mass is 19.4. The maximum Gasteiger partial charge on any atom is 0.416 e. The Morgan fingerprint density at radius 1 is 1.45 bits per heavy atom. The van der Waals surface area contributed by atoms with Gasteiger partial charge in [-0.15, -0.1) is 0 Å². The quantitative estimate of drug-likeness (QED) is 0.685. The molecule has 0 aromatic carbocycles. The van der Waals surface area contributed by atoms with E-state index in [2.05, 4.69) is 9.72 Å². The summed E-state index contributed by atoms with van der Waals surface area (Å²) in [5, 5.41) is 0. The van der Waals surface area contributed by atoms with Crippen LogP contribution in [0.4, 0.5) is 22.0 Å². The first-order chi connectivity index (χ1) is 9.22. The zero-order valence-electron chi connectivity index (χ0n) is 10.3. The number of halogens is 5. The molecule has 1 heterocycles. The summed E-state index contributed by atoms with van der Waals surface area (Å²) in [5.41, 5.74) is 0.851. The molecule has 0 saturated carbocycles. The van der Waals surface area contributed by atoms with Gasteiger partial charge in [0.15, 0.2) is 0 Å². The van der Waals surface area contributed by atoms with Gasteiger partial charge in [-0.25, -0.2) is 18.6 Å². The lowest BCUT2D eigenvalue weighted by Crippen LogP contribution is -2.19. The first-order valence-electron chi connectivity index (χ1n) is 5.48. The lowest BCUT2D eigenvalue weighted by Gasteiger charge is -2.16. The number of nitrogens with zero attached hydrogens (tertiary/aromatic N) is 1. The molecule has 4 nitrogen and oxygen atoms in total. The van der Waals surface area contributed by atoms with Gasteiger partial charge in [-0.3, -0.25) is 0 Å². The van der Waals surface area contributed by atoms with Crippen molar-refractivity contribution in [1.29, 1.82) is 0 Å². The minimum atomic E-state index is -4.93. The zero-order valence-corrected chi connectivity index (χ0v) is 10.3. The highest BCUT2D eigenvalue weighted by molar-refractivity contribution is 5.87. The monoisotopic (exact) mass is 298 g/mol. The van der Waals surface area contributed by atoms with Crippen LogP contribution < -0.4 is 5.73 Å². The third-order valence-corrected chi connectivity index (χ3v) is 2.36. The summed E-state index contributed by atoms with van der Waals surface area (Å²) in [7, 11) is 0. The SMILES string of the molecule is CCOC(=O)c1cc(C(F)(F)F)c(CN)c(C(F)F)n1. The molecule has 1 aromatic rings. The molecule has 0 aliphatic carbocycles. The smallest absolute Gasteiger partial charge is 0.416 e. The second-order valence-corrected chi connectivity index (χ2v) is 3.64. The molecule has 0 aliphatic heterocycles. The topological polar surface area (TPSA) is 65.2 Å². The first-order valence-corrected chi connectivity index (χ1v) is 5.48. The molecular formula is C11H11F5N2O2. The number of hydrogen-bond acceptors (Lipinski definition) is 4.